The molecule has 0 unspecified atom stereocenters. The van der Waals surface area contributed by atoms with Gasteiger partial charge in [0.15, 0.2) is 0 Å². The molecule has 0 fully saturated rings. The quantitative estimate of drug-likeness (QED) is 0.710. The molecule has 0 aliphatic heterocycles. The lowest BCUT2D eigenvalue weighted by atomic mass is 9.97. The minimum Gasteiger partial charge on any atom is -0.341 e. The number of carbonyl (C=O) groups excluding carboxylic acids is 1. The van der Waals surface area contributed by atoms with Crippen LogP contribution in [-0.4, -0.2) is 17.9 Å². The van der Waals surface area contributed by atoms with Crippen LogP contribution in [0.4, 0.5) is 0 Å². The highest BCUT2D eigenvalue weighted by Crippen LogP contribution is 2.23. The Kier molecular flexibility index (Phi) is 6.94. The molecule has 0 aliphatic rings. The third-order valence-electron chi connectivity index (χ3n) is 3.04. The molecule has 1 aromatic rings. The van der Waals surface area contributed by atoms with E-state index >= 15 is 0 Å². The van der Waals surface area contributed by atoms with Crippen molar-refractivity contribution >= 4 is 33.2 Å². The molecule has 0 saturated heterocycles. The third kappa shape index (κ3) is 4.73. The first-order chi connectivity index (χ1) is 8.58. The Hall–Kier alpha value is -0.350. The van der Waals surface area contributed by atoms with Crippen LogP contribution in [0.5, 0.6) is 0 Å². The molecule has 0 atom stereocenters. The van der Waals surface area contributed by atoms with Crippen LogP contribution in [0, 0.1) is 5.92 Å². The smallest absolute Gasteiger partial charge is 0.225 e. The van der Waals surface area contributed by atoms with Crippen molar-refractivity contribution in [3.8, 4) is 0 Å². The monoisotopic (exact) mass is 331 g/mol. The zero-order chi connectivity index (χ0) is 13.5. The third-order valence-corrected chi connectivity index (χ3v) is 4.59. The number of nitrogens with zero attached hydrogens (tertiary/aromatic N) is 1. The number of halogens is 1. The maximum Gasteiger partial charge on any atom is 0.225 e. The minimum atomic E-state index is 0.201. The first kappa shape index (κ1) is 15.7. The van der Waals surface area contributed by atoms with E-state index in [1.165, 1.54) is 5.56 Å². The molecule has 0 saturated carbocycles. The average Bonchev–Trinajstić information content (AvgIpc) is 2.73. The van der Waals surface area contributed by atoms with Gasteiger partial charge in [-0.3, -0.25) is 4.79 Å². The Balaban J connectivity index is 2.58. The highest BCUT2D eigenvalue weighted by molar-refractivity contribution is 9.11. The summed E-state index contributed by atoms with van der Waals surface area (Å²) in [5.41, 5.74) is 1.20. The van der Waals surface area contributed by atoms with Gasteiger partial charge in [-0.25, -0.2) is 0 Å². The van der Waals surface area contributed by atoms with Crippen LogP contribution in [0.2, 0.25) is 0 Å². The van der Waals surface area contributed by atoms with Gasteiger partial charge in [0.2, 0.25) is 5.91 Å². The van der Waals surface area contributed by atoms with Gasteiger partial charge < -0.3 is 4.90 Å². The molecule has 2 nitrogen and oxygen atoms in total. The van der Waals surface area contributed by atoms with Crippen LogP contribution in [0.25, 0.3) is 0 Å². The van der Waals surface area contributed by atoms with E-state index in [1.807, 2.05) is 11.9 Å². The summed E-state index contributed by atoms with van der Waals surface area (Å²) >= 11 is 5.12. The lowest BCUT2D eigenvalue weighted by molar-refractivity contribution is -0.135. The molecule has 1 amide bonds. The summed E-state index contributed by atoms with van der Waals surface area (Å²) in [7, 11) is 1.91. The molecule has 0 radical (unpaired) electrons. The zero-order valence-electron chi connectivity index (χ0n) is 11.4. The summed E-state index contributed by atoms with van der Waals surface area (Å²) in [5.74, 6) is 0.494. The number of hydrogen-bond acceptors (Lipinski definition) is 2. The fourth-order valence-corrected chi connectivity index (χ4v) is 3.38. The Morgan fingerprint density at radius 3 is 2.44 bits per heavy atom. The van der Waals surface area contributed by atoms with E-state index < -0.39 is 0 Å². The van der Waals surface area contributed by atoms with Crippen molar-refractivity contribution in [2.24, 2.45) is 5.92 Å². The van der Waals surface area contributed by atoms with Gasteiger partial charge in [0.05, 0.1) is 3.79 Å². The summed E-state index contributed by atoms with van der Waals surface area (Å²) in [6.45, 7) is 5.00. The van der Waals surface area contributed by atoms with Gasteiger partial charge in [-0.1, -0.05) is 26.7 Å². The normalized spacial score (nSPS) is 10.9. The van der Waals surface area contributed by atoms with E-state index in [1.54, 1.807) is 11.3 Å². The highest BCUT2D eigenvalue weighted by atomic mass is 79.9. The van der Waals surface area contributed by atoms with E-state index in [9.17, 15) is 4.79 Å². The number of amides is 1. The first-order valence-corrected chi connectivity index (χ1v) is 8.23. The van der Waals surface area contributed by atoms with Crippen molar-refractivity contribution in [2.75, 3.05) is 7.05 Å². The molecule has 4 heteroatoms. The van der Waals surface area contributed by atoms with E-state index in [2.05, 4.69) is 41.2 Å². The summed E-state index contributed by atoms with van der Waals surface area (Å²) < 4.78 is 1.12. The lowest BCUT2D eigenvalue weighted by Gasteiger charge is -2.23. The predicted octanol–water partition coefficient (Wildman–Crippen LogP) is 4.69. The number of thiophene rings is 1. The zero-order valence-corrected chi connectivity index (χ0v) is 13.8. The van der Waals surface area contributed by atoms with Crippen LogP contribution in [-0.2, 0) is 11.3 Å². The molecule has 0 spiro atoms. The Labute approximate surface area is 123 Å². The molecule has 1 rings (SSSR count). The van der Waals surface area contributed by atoms with Crippen LogP contribution >= 0.6 is 27.3 Å². The Morgan fingerprint density at radius 1 is 1.39 bits per heavy atom. The second-order valence-electron chi connectivity index (χ2n) is 4.73. The molecule has 18 heavy (non-hydrogen) atoms. The van der Waals surface area contributed by atoms with Crippen molar-refractivity contribution in [1.82, 2.24) is 4.90 Å². The van der Waals surface area contributed by atoms with Gasteiger partial charge in [-0.15, -0.1) is 11.3 Å². The molecule has 0 aromatic carbocycles. The van der Waals surface area contributed by atoms with Gasteiger partial charge in [0, 0.05) is 19.5 Å². The summed E-state index contributed by atoms with van der Waals surface area (Å²) in [4.78, 5) is 14.2. The number of carbonyl (C=O) groups is 1. The van der Waals surface area contributed by atoms with Gasteiger partial charge >= 0.3 is 0 Å². The van der Waals surface area contributed by atoms with Gasteiger partial charge in [0.1, 0.15) is 0 Å². The van der Waals surface area contributed by atoms with Crippen LogP contribution in [0.3, 0.4) is 0 Å². The van der Waals surface area contributed by atoms with Gasteiger partial charge in [0.25, 0.3) is 0 Å². The second-order valence-corrected chi connectivity index (χ2v) is 7.02. The van der Waals surface area contributed by atoms with Crippen molar-refractivity contribution in [3.63, 3.8) is 0 Å². The van der Waals surface area contributed by atoms with Gasteiger partial charge in [-0.05, 0) is 45.8 Å². The van der Waals surface area contributed by atoms with Crippen molar-refractivity contribution in [1.29, 1.82) is 0 Å². The van der Waals surface area contributed by atoms with Crippen LogP contribution in [0.15, 0.2) is 15.2 Å². The molecule has 1 heterocycles. The minimum absolute atomic E-state index is 0.201. The molecule has 0 bridgehead atoms. The van der Waals surface area contributed by atoms with Crippen molar-refractivity contribution in [3.05, 3.63) is 20.8 Å². The first-order valence-electron chi connectivity index (χ1n) is 6.56. The molecular formula is C14H22BrNOS. The van der Waals surface area contributed by atoms with Crippen molar-refractivity contribution in [2.45, 2.75) is 46.1 Å². The molecular weight excluding hydrogens is 310 g/mol. The molecule has 0 aliphatic carbocycles. The SMILES string of the molecule is CCCC(CCC)C(=O)N(C)Cc1csc(Br)c1. The van der Waals surface area contributed by atoms with Crippen molar-refractivity contribution < 1.29 is 4.79 Å². The van der Waals surface area contributed by atoms with E-state index in [4.69, 9.17) is 0 Å². The molecule has 1 aromatic heterocycles. The lowest BCUT2D eigenvalue weighted by Crippen LogP contribution is -2.32. The largest absolute Gasteiger partial charge is 0.341 e. The maximum absolute atomic E-state index is 12.4. The summed E-state index contributed by atoms with van der Waals surface area (Å²) in [5, 5.41) is 2.10. The highest BCUT2D eigenvalue weighted by Gasteiger charge is 2.20. The number of rotatable bonds is 7. The van der Waals surface area contributed by atoms with E-state index in [0.29, 0.717) is 12.5 Å². The topological polar surface area (TPSA) is 20.3 Å². The van der Waals surface area contributed by atoms with Crippen LogP contribution in [0.1, 0.15) is 45.1 Å². The van der Waals surface area contributed by atoms with Crippen LogP contribution < -0.4 is 0 Å². The fraction of sp³-hybridized carbons (Fsp3) is 0.643. The second kappa shape index (κ2) is 7.95. The average molecular weight is 332 g/mol. The standard InChI is InChI=1S/C14H22BrNOS/c1-4-6-12(7-5-2)14(17)16(3)9-11-8-13(15)18-10-11/h8,10,12H,4-7,9H2,1-3H3. The van der Waals surface area contributed by atoms with E-state index in [-0.39, 0.29) is 5.92 Å². The van der Waals surface area contributed by atoms with E-state index in [0.717, 1.165) is 29.5 Å². The Morgan fingerprint density at radius 2 is 2.00 bits per heavy atom. The summed E-state index contributed by atoms with van der Waals surface area (Å²) in [6, 6.07) is 2.09. The van der Waals surface area contributed by atoms with Gasteiger partial charge in [-0.2, -0.15) is 0 Å². The fourth-order valence-electron chi connectivity index (χ4n) is 2.18. The number of hydrogen-bond donors (Lipinski definition) is 0. The predicted molar refractivity (Wildman–Crippen MR) is 81.8 cm³/mol. The maximum atomic E-state index is 12.4. The summed E-state index contributed by atoms with van der Waals surface area (Å²) in [6.07, 6.45) is 4.16. The molecule has 102 valence electrons. The molecule has 0 N–H and O–H groups in total. The Bertz CT molecular complexity index is 372.